The lowest BCUT2D eigenvalue weighted by molar-refractivity contribution is -0.123. The molecule has 94 valence electrons. The summed E-state index contributed by atoms with van der Waals surface area (Å²) < 4.78 is 5.34. The Morgan fingerprint density at radius 1 is 1.53 bits per heavy atom. The van der Waals surface area contributed by atoms with Crippen LogP contribution in [-0.4, -0.2) is 30.0 Å². The molecule has 0 aromatic carbocycles. The first kappa shape index (κ1) is 13.1. The minimum atomic E-state index is -0.120. The molecule has 17 heavy (non-hydrogen) atoms. The highest BCUT2D eigenvalue weighted by Gasteiger charge is 2.32. The Morgan fingerprint density at radius 2 is 2.29 bits per heavy atom. The van der Waals surface area contributed by atoms with Gasteiger partial charge in [-0.1, -0.05) is 15.9 Å². The van der Waals surface area contributed by atoms with Crippen LogP contribution in [0, 0.1) is 0 Å². The van der Waals surface area contributed by atoms with Crippen molar-refractivity contribution in [1.82, 2.24) is 5.32 Å². The van der Waals surface area contributed by atoms with Gasteiger partial charge in [-0.3, -0.25) is 4.79 Å². The summed E-state index contributed by atoms with van der Waals surface area (Å²) in [7, 11) is 0. The lowest BCUT2D eigenvalue weighted by Crippen LogP contribution is -2.53. The van der Waals surface area contributed by atoms with Crippen LogP contribution in [0.15, 0.2) is 16.8 Å². The van der Waals surface area contributed by atoms with Crippen LogP contribution in [-0.2, 0) is 16.0 Å². The monoisotopic (exact) mass is 317 g/mol. The van der Waals surface area contributed by atoms with E-state index in [2.05, 4.69) is 21.2 Å². The number of nitrogens with one attached hydrogen (secondary N) is 1. The van der Waals surface area contributed by atoms with E-state index in [1.54, 1.807) is 11.3 Å². The molecule has 0 aliphatic carbocycles. The second kappa shape index (κ2) is 5.98. The number of hydrogen-bond donors (Lipinski definition) is 1. The van der Waals surface area contributed by atoms with Crippen LogP contribution < -0.4 is 5.32 Å². The summed E-state index contributed by atoms with van der Waals surface area (Å²) in [5.41, 5.74) is 0.968. The number of thiophene rings is 1. The van der Waals surface area contributed by atoms with Gasteiger partial charge < -0.3 is 10.1 Å². The zero-order valence-corrected chi connectivity index (χ0v) is 12.0. The Kier molecular flexibility index (Phi) is 4.59. The zero-order chi connectivity index (χ0) is 12.1. The maximum absolute atomic E-state index is 12.0. The summed E-state index contributed by atoms with van der Waals surface area (Å²) in [6, 6.07) is 2.00. The summed E-state index contributed by atoms with van der Waals surface area (Å²) >= 11 is 5.13. The van der Waals surface area contributed by atoms with Crippen molar-refractivity contribution in [3.63, 3.8) is 0 Å². The minimum absolute atomic E-state index is 0.102. The molecule has 0 bridgehead atoms. The van der Waals surface area contributed by atoms with Crippen LogP contribution in [0.3, 0.4) is 0 Å². The van der Waals surface area contributed by atoms with E-state index >= 15 is 0 Å². The van der Waals surface area contributed by atoms with E-state index in [0.717, 1.165) is 36.9 Å². The van der Waals surface area contributed by atoms with Crippen molar-refractivity contribution in [2.75, 3.05) is 18.5 Å². The zero-order valence-electron chi connectivity index (χ0n) is 9.58. The van der Waals surface area contributed by atoms with Crippen molar-refractivity contribution in [2.45, 2.75) is 24.8 Å². The molecule has 1 aromatic heterocycles. The third-order valence-corrected chi connectivity index (χ3v) is 4.86. The highest BCUT2D eigenvalue weighted by molar-refractivity contribution is 9.09. The summed E-state index contributed by atoms with van der Waals surface area (Å²) in [6.07, 6.45) is 2.24. The van der Waals surface area contributed by atoms with Gasteiger partial charge in [0.05, 0.1) is 12.0 Å². The van der Waals surface area contributed by atoms with Crippen LogP contribution in [0.25, 0.3) is 0 Å². The van der Waals surface area contributed by atoms with E-state index in [1.807, 2.05) is 16.8 Å². The Morgan fingerprint density at radius 3 is 2.88 bits per heavy atom. The number of hydrogen-bond acceptors (Lipinski definition) is 3. The predicted octanol–water partition coefficient (Wildman–Crippen LogP) is 2.35. The first-order chi connectivity index (χ1) is 8.24. The van der Waals surface area contributed by atoms with Gasteiger partial charge in [0.1, 0.15) is 0 Å². The molecule has 0 unspecified atom stereocenters. The van der Waals surface area contributed by atoms with Crippen LogP contribution in [0.2, 0.25) is 0 Å². The first-order valence-corrected chi connectivity index (χ1v) is 7.76. The van der Waals surface area contributed by atoms with Gasteiger partial charge >= 0.3 is 0 Å². The van der Waals surface area contributed by atoms with Gasteiger partial charge in [-0.15, -0.1) is 0 Å². The maximum Gasteiger partial charge on any atom is 0.224 e. The minimum Gasteiger partial charge on any atom is -0.381 e. The van der Waals surface area contributed by atoms with Crippen molar-refractivity contribution in [3.8, 4) is 0 Å². The molecule has 2 rings (SSSR count). The van der Waals surface area contributed by atoms with E-state index in [-0.39, 0.29) is 11.4 Å². The first-order valence-electron chi connectivity index (χ1n) is 5.70. The van der Waals surface area contributed by atoms with E-state index in [9.17, 15) is 4.79 Å². The fourth-order valence-electron chi connectivity index (χ4n) is 1.97. The average Bonchev–Trinajstić information content (AvgIpc) is 2.83. The van der Waals surface area contributed by atoms with Gasteiger partial charge in [0.25, 0.3) is 0 Å². The molecule has 1 aromatic rings. The van der Waals surface area contributed by atoms with Crippen molar-refractivity contribution in [1.29, 1.82) is 0 Å². The second-order valence-electron chi connectivity index (χ2n) is 4.38. The van der Waals surface area contributed by atoms with E-state index < -0.39 is 0 Å². The van der Waals surface area contributed by atoms with Crippen molar-refractivity contribution in [2.24, 2.45) is 0 Å². The van der Waals surface area contributed by atoms with Gasteiger partial charge in [0.15, 0.2) is 0 Å². The standard InChI is InChI=1S/C12H16BrNO2S/c13-9-12(2-4-16-5-3-12)14-11(15)7-10-1-6-17-8-10/h1,6,8H,2-5,7,9H2,(H,14,15). The normalized spacial score (nSPS) is 18.9. The number of rotatable bonds is 4. The molecule has 1 fully saturated rings. The molecular formula is C12H16BrNO2S. The molecule has 3 nitrogen and oxygen atoms in total. The molecule has 0 spiro atoms. The van der Waals surface area contributed by atoms with Crippen molar-refractivity contribution < 1.29 is 9.53 Å². The molecule has 1 aliphatic rings. The lowest BCUT2D eigenvalue weighted by atomic mass is 9.92. The molecule has 1 saturated heterocycles. The number of alkyl halides is 1. The van der Waals surface area contributed by atoms with Gasteiger partial charge in [-0.05, 0) is 35.2 Å². The van der Waals surface area contributed by atoms with Crippen molar-refractivity contribution in [3.05, 3.63) is 22.4 Å². The van der Waals surface area contributed by atoms with E-state index in [4.69, 9.17) is 4.74 Å². The van der Waals surface area contributed by atoms with E-state index in [1.165, 1.54) is 0 Å². The molecule has 2 heterocycles. The van der Waals surface area contributed by atoms with Gasteiger partial charge in [-0.25, -0.2) is 0 Å². The molecule has 1 aliphatic heterocycles. The summed E-state index contributed by atoms with van der Waals surface area (Å²) in [6.45, 7) is 1.45. The van der Waals surface area contributed by atoms with Gasteiger partial charge in [-0.2, -0.15) is 11.3 Å². The molecule has 0 atom stereocenters. The Bertz CT molecular complexity index is 361. The van der Waals surface area contributed by atoms with E-state index in [0.29, 0.717) is 6.42 Å². The largest absolute Gasteiger partial charge is 0.381 e. The lowest BCUT2D eigenvalue weighted by Gasteiger charge is -2.36. The maximum atomic E-state index is 12.0. The number of halogens is 1. The molecular weight excluding hydrogens is 302 g/mol. The van der Waals surface area contributed by atoms with Crippen LogP contribution in [0.5, 0.6) is 0 Å². The van der Waals surface area contributed by atoms with Gasteiger partial charge in [0.2, 0.25) is 5.91 Å². The Hall–Kier alpha value is -0.390. The molecule has 1 amide bonds. The highest BCUT2D eigenvalue weighted by atomic mass is 79.9. The third kappa shape index (κ3) is 3.53. The SMILES string of the molecule is O=C(Cc1ccsc1)NC1(CBr)CCOCC1. The molecule has 0 saturated carbocycles. The Balaban J connectivity index is 1.91. The quantitative estimate of drug-likeness (QED) is 0.866. The summed E-state index contributed by atoms with van der Waals surface area (Å²) in [4.78, 5) is 12.0. The second-order valence-corrected chi connectivity index (χ2v) is 5.72. The number of carbonyl (C=O) groups excluding carboxylic acids is 1. The fraction of sp³-hybridized carbons (Fsp3) is 0.583. The van der Waals surface area contributed by atoms with Crippen LogP contribution in [0.1, 0.15) is 18.4 Å². The molecule has 5 heteroatoms. The number of ether oxygens (including phenoxy) is 1. The summed E-state index contributed by atoms with van der Waals surface area (Å²) in [5.74, 6) is 0.102. The topological polar surface area (TPSA) is 38.3 Å². The van der Waals surface area contributed by atoms with Gasteiger partial charge in [0, 0.05) is 18.5 Å². The summed E-state index contributed by atoms with van der Waals surface area (Å²) in [5, 5.41) is 7.97. The van der Waals surface area contributed by atoms with Crippen molar-refractivity contribution >= 4 is 33.2 Å². The number of carbonyl (C=O) groups is 1. The average molecular weight is 318 g/mol. The Labute approximate surface area is 114 Å². The third-order valence-electron chi connectivity index (χ3n) is 3.06. The highest BCUT2D eigenvalue weighted by Crippen LogP contribution is 2.23. The van der Waals surface area contributed by atoms with Crippen LogP contribution in [0.4, 0.5) is 0 Å². The smallest absolute Gasteiger partial charge is 0.224 e. The predicted molar refractivity (Wildman–Crippen MR) is 72.7 cm³/mol. The van der Waals surface area contributed by atoms with Crippen LogP contribution >= 0.6 is 27.3 Å². The number of amides is 1. The molecule has 1 N–H and O–H groups in total. The molecule has 0 radical (unpaired) electrons. The fourth-order valence-corrected chi connectivity index (χ4v) is 3.34.